The number of nitrogens with zero attached hydrogens (tertiary/aromatic N) is 2. The molecule has 0 aromatic heterocycles. The summed E-state index contributed by atoms with van der Waals surface area (Å²) >= 11 is 0. The lowest BCUT2D eigenvalue weighted by molar-refractivity contribution is -0.145. The van der Waals surface area contributed by atoms with Crippen molar-refractivity contribution in [3.05, 3.63) is 0 Å². The Labute approximate surface area is 103 Å². The zero-order valence-electron chi connectivity index (χ0n) is 9.84. The molecule has 98 valence electrons. The molecule has 2 heterocycles. The predicted octanol–water partition coefficient (Wildman–Crippen LogP) is -0.754. The molecule has 2 aliphatic rings. The van der Waals surface area contributed by atoms with Crippen LogP contribution in [0.15, 0.2) is 5.10 Å². The molecular formula is C10H13N3O5. The van der Waals surface area contributed by atoms with Gasteiger partial charge in [0.25, 0.3) is 5.91 Å². The Morgan fingerprint density at radius 1 is 1.61 bits per heavy atom. The summed E-state index contributed by atoms with van der Waals surface area (Å²) in [4.78, 5) is 35.5. The fourth-order valence-electron chi connectivity index (χ4n) is 1.69. The second kappa shape index (κ2) is 5.03. The second-order valence-electron chi connectivity index (χ2n) is 3.77. The normalized spacial score (nSPS) is 22.3. The van der Waals surface area contributed by atoms with Gasteiger partial charge in [0.1, 0.15) is 18.4 Å². The maximum Gasteiger partial charge on any atom is 0.417 e. The number of hydrogen-bond donors (Lipinski definition) is 1. The van der Waals surface area contributed by atoms with Gasteiger partial charge in [-0.05, 0) is 6.92 Å². The molecule has 2 rings (SSSR count). The molecule has 1 fully saturated rings. The number of esters is 1. The van der Waals surface area contributed by atoms with Gasteiger partial charge in [0.05, 0.1) is 13.2 Å². The minimum Gasteiger partial charge on any atom is -0.464 e. The van der Waals surface area contributed by atoms with Crippen LogP contribution in [-0.4, -0.2) is 54.4 Å². The van der Waals surface area contributed by atoms with Crippen molar-refractivity contribution in [1.29, 1.82) is 0 Å². The molecular weight excluding hydrogens is 242 g/mol. The standard InChI is InChI=1S/C10H13N3O5/c1-2-17-9(15)7-5-6(11-12-7)8(14)13-3-4-18-10(13)16/h7,12H,2-5H2,1H3. The SMILES string of the molecule is CCOC(=O)C1CC(C(=O)N2CCOC2=O)=NN1. The maximum absolute atomic E-state index is 11.9. The Bertz CT molecular complexity index is 420. The highest BCUT2D eigenvalue weighted by molar-refractivity contribution is 6.41. The van der Waals surface area contributed by atoms with Crippen molar-refractivity contribution in [1.82, 2.24) is 10.3 Å². The average Bonchev–Trinajstić information content (AvgIpc) is 2.97. The summed E-state index contributed by atoms with van der Waals surface area (Å²) in [7, 11) is 0. The first kappa shape index (κ1) is 12.3. The van der Waals surface area contributed by atoms with Crippen LogP contribution in [-0.2, 0) is 19.1 Å². The average molecular weight is 255 g/mol. The van der Waals surface area contributed by atoms with Crippen LogP contribution in [0.5, 0.6) is 0 Å². The molecule has 1 unspecified atom stereocenters. The van der Waals surface area contributed by atoms with E-state index in [0.717, 1.165) is 4.90 Å². The number of carbonyl (C=O) groups excluding carboxylic acids is 3. The topological polar surface area (TPSA) is 97.3 Å². The van der Waals surface area contributed by atoms with Crippen LogP contribution in [0.3, 0.4) is 0 Å². The molecule has 1 N–H and O–H groups in total. The summed E-state index contributed by atoms with van der Waals surface area (Å²) in [6.45, 7) is 2.35. The van der Waals surface area contributed by atoms with E-state index >= 15 is 0 Å². The molecule has 2 aliphatic heterocycles. The third-order valence-electron chi connectivity index (χ3n) is 2.58. The number of cyclic esters (lactones) is 1. The van der Waals surface area contributed by atoms with E-state index in [2.05, 4.69) is 15.3 Å². The molecule has 8 heteroatoms. The van der Waals surface area contributed by atoms with Crippen molar-refractivity contribution in [3.8, 4) is 0 Å². The van der Waals surface area contributed by atoms with Crippen molar-refractivity contribution < 1.29 is 23.9 Å². The molecule has 2 amide bonds. The summed E-state index contributed by atoms with van der Waals surface area (Å²) in [5.74, 6) is -0.996. The van der Waals surface area contributed by atoms with E-state index in [-0.39, 0.29) is 31.9 Å². The molecule has 0 spiro atoms. The lowest BCUT2D eigenvalue weighted by atomic mass is 10.1. The largest absolute Gasteiger partial charge is 0.464 e. The van der Waals surface area contributed by atoms with Gasteiger partial charge in [-0.2, -0.15) is 5.10 Å². The summed E-state index contributed by atoms with van der Waals surface area (Å²) in [5, 5.41) is 3.77. The van der Waals surface area contributed by atoms with E-state index in [1.165, 1.54) is 0 Å². The molecule has 0 aromatic rings. The molecule has 0 aliphatic carbocycles. The van der Waals surface area contributed by atoms with Crippen LogP contribution in [0.25, 0.3) is 0 Å². The highest BCUT2D eigenvalue weighted by Crippen LogP contribution is 2.11. The third kappa shape index (κ3) is 2.27. The van der Waals surface area contributed by atoms with E-state index in [1.807, 2.05) is 0 Å². The van der Waals surface area contributed by atoms with Gasteiger partial charge in [-0.3, -0.25) is 10.2 Å². The summed E-state index contributed by atoms with van der Waals surface area (Å²) in [5.41, 5.74) is 2.66. The Balaban J connectivity index is 1.94. The Hall–Kier alpha value is -2.12. The highest BCUT2D eigenvalue weighted by Gasteiger charge is 2.36. The van der Waals surface area contributed by atoms with Crippen LogP contribution in [0.1, 0.15) is 13.3 Å². The lowest BCUT2D eigenvalue weighted by Gasteiger charge is -2.10. The van der Waals surface area contributed by atoms with Crippen LogP contribution in [0.4, 0.5) is 4.79 Å². The smallest absolute Gasteiger partial charge is 0.417 e. The monoisotopic (exact) mass is 255 g/mol. The minimum atomic E-state index is -0.678. The van der Waals surface area contributed by atoms with E-state index in [1.54, 1.807) is 6.92 Å². The molecule has 0 saturated carbocycles. The first-order valence-electron chi connectivity index (χ1n) is 5.60. The molecule has 1 saturated heterocycles. The van der Waals surface area contributed by atoms with Crippen LogP contribution < -0.4 is 5.43 Å². The summed E-state index contributed by atoms with van der Waals surface area (Å²) in [6.07, 6.45) is -0.566. The Morgan fingerprint density at radius 3 is 3.00 bits per heavy atom. The number of amides is 2. The van der Waals surface area contributed by atoms with Crippen LogP contribution in [0, 0.1) is 0 Å². The quantitative estimate of drug-likeness (QED) is 0.666. The highest BCUT2D eigenvalue weighted by atomic mass is 16.6. The van der Waals surface area contributed by atoms with Crippen molar-refractivity contribution >= 4 is 23.7 Å². The maximum atomic E-state index is 11.9. The van der Waals surface area contributed by atoms with E-state index < -0.39 is 24.0 Å². The fraction of sp³-hybridized carbons (Fsp3) is 0.600. The molecule has 0 radical (unpaired) electrons. The van der Waals surface area contributed by atoms with Crippen molar-refractivity contribution in [3.63, 3.8) is 0 Å². The third-order valence-corrected chi connectivity index (χ3v) is 2.58. The Kier molecular flexibility index (Phi) is 3.45. The van der Waals surface area contributed by atoms with Gasteiger partial charge in [0.2, 0.25) is 0 Å². The first-order valence-corrected chi connectivity index (χ1v) is 5.60. The van der Waals surface area contributed by atoms with Crippen molar-refractivity contribution in [2.75, 3.05) is 19.8 Å². The van der Waals surface area contributed by atoms with Crippen molar-refractivity contribution in [2.45, 2.75) is 19.4 Å². The van der Waals surface area contributed by atoms with Gasteiger partial charge < -0.3 is 9.47 Å². The second-order valence-corrected chi connectivity index (χ2v) is 3.77. The number of hydrazone groups is 1. The summed E-state index contributed by atoms with van der Waals surface area (Å²) < 4.78 is 9.47. The Morgan fingerprint density at radius 2 is 2.39 bits per heavy atom. The predicted molar refractivity (Wildman–Crippen MR) is 58.7 cm³/mol. The van der Waals surface area contributed by atoms with Gasteiger partial charge >= 0.3 is 12.1 Å². The molecule has 1 atom stereocenters. The number of rotatable bonds is 3. The van der Waals surface area contributed by atoms with E-state index in [9.17, 15) is 14.4 Å². The molecule has 0 bridgehead atoms. The molecule has 0 aromatic carbocycles. The number of ether oxygens (including phenoxy) is 2. The van der Waals surface area contributed by atoms with Gasteiger partial charge in [-0.15, -0.1) is 0 Å². The van der Waals surface area contributed by atoms with Crippen LogP contribution in [0.2, 0.25) is 0 Å². The number of nitrogens with one attached hydrogen (secondary N) is 1. The summed E-state index contributed by atoms with van der Waals surface area (Å²) in [6, 6.07) is -0.664. The number of hydrogen-bond acceptors (Lipinski definition) is 7. The number of imide groups is 1. The molecule has 18 heavy (non-hydrogen) atoms. The fourth-order valence-corrected chi connectivity index (χ4v) is 1.69. The van der Waals surface area contributed by atoms with Gasteiger partial charge in [-0.1, -0.05) is 0 Å². The van der Waals surface area contributed by atoms with Gasteiger partial charge in [0.15, 0.2) is 0 Å². The number of carbonyl (C=O) groups is 3. The van der Waals surface area contributed by atoms with Crippen LogP contribution >= 0.6 is 0 Å². The van der Waals surface area contributed by atoms with Gasteiger partial charge in [0, 0.05) is 6.42 Å². The zero-order chi connectivity index (χ0) is 13.1. The lowest BCUT2D eigenvalue weighted by Crippen LogP contribution is -2.38. The van der Waals surface area contributed by atoms with Gasteiger partial charge in [-0.25, -0.2) is 14.5 Å². The van der Waals surface area contributed by atoms with Crippen molar-refractivity contribution in [2.24, 2.45) is 5.10 Å². The first-order chi connectivity index (χ1) is 8.63. The minimum absolute atomic E-state index is 0.113. The van der Waals surface area contributed by atoms with E-state index in [4.69, 9.17) is 4.74 Å². The molecule has 8 nitrogen and oxygen atoms in total. The zero-order valence-corrected chi connectivity index (χ0v) is 9.84. The van der Waals surface area contributed by atoms with E-state index in [0.29, 0.717) is 0 Å².